The van der Waals surface area contributed by atoms with Crippen molar-refractivity contribution in [2.24, 2.45) is 5.41 Å². The Bertz CT molecular complexity index is 531. The maximum atomic E-state index is 12.5. The van der Waals surface area contributed by atoms with Gasteiger partial charge in [-0.3, -0.25) is 9.59 Å². The Kier molecular flexibility index (Phi) is 4.13. The van der Waals surface area contributed by atoms with E-state index in [9.17, 15) is 14.7 Å². The summed E-state index contributed by atoms with van der Waals surface area (Å²) in [5, 5.41) is 10.3. The number of rotatable bonds is 3. The fourth-order valence-electron chi connectivity index (χ4n) is 2.73. The molecule has 1 aromatic heterocycles. The van der Waals surface area contributed by atoms with Gasteiger partial charge in [-0.05, 0) is 33.1 Å². The Morgan fingerprint density at radius 2 is 1.95 bits per heavy atom. The normalized spacial score (nSPS) is 18.1. The van der Waals surface area contributed by atoms with E-state index in [1.54, 1.807) is 4.90 Å². The van der Waals surface area contributed by atoms with Gasteiger partial charge in [-0.2, -0.15) is 0 Å². The first-order valence-corrected chi connectivity index (χ1v) is 7.68. The lowest BCUT2D eigenvalue weighted by atomic mass is 9.76. The van der Waals surface area contributed by atoms with E-state index in [0.717, 1.165) is 10.7 Å². The number of piperidine rings is 1. The standard InChI is InChI=1S/C14H20N2O3S/c1-4-14(13(18)19)5-7-16(8-6-14)12(17)11-9(2)15-10(3)20-11/h4-8H2,1-3H3,(H,18,19). The lowest BCUT2D eigenvalue weighted by Crippen LogP contribution is -2.46. The SMILES string of the molecule is CCC1(C(=O)O)CCN(C(=O)c2sc(C)nc2C)CC1. The van der Waals surface area contributed by atoms with Gasteiger partial charge in [0.25, 0.3) is 5.91 Å². The van der Waals surface area contributed by atoms with Crippen LogP contribution < -0.4 is 0 Å². The van der Waals surface area contributed by atoms with Gasteiger partial charge in [0, 0.05) is 13.1 Å². The molecule has 1 N–H and O–H groups in total. The fraction of sp³-hybridized carbons (Fsp3) is 0.643. The molecule has 110 valence electrons. The zero-order valence-electron chi connectivity index (χ0n) is 12.1. The summed E-state index contributed by atoms with van der Waals surface area (Å²) in [6, 6.07) is 0. The number of hydrogen-bond acceptors (Lipinski definition) is 4. The zero-order chi connectivity index (χ0) is 14.9. The van der Waals surface area contributed by atoms with Crippen LogP contribution in [0.3, 0.4) is 0 Å². The first kappa shape index (κ1) is 15.0. The molecule has 2 heterocycles. The Labute approximate surface area is 122 Å². The fourth-order valence-corrected chi connectivity index (χ4v) is 3.62. The number of carboxylic acid groups (broad SMARTS) is 1. The van der Waals surface area contributed by atoms with Crippen molar-refractivity contribution in [3.05, 3.63) is 15.6 Å². The van der Waals surface area contributed by atoms with Gasteiger partial charge in [0.2, 0.25) is 0 Å². The third-order valence-electron chi connectivity index (χ3n) is 4.24. The first-order valence-electron chi connectivity index (χ1n) is 6.86. The monoisotopic (exact) mass is 296 g/mol. The van der Waals surface area contributed by atoms with E-state index < -0.39 is 11.4 Å². The van der Waals surface area contributed by atoms with Gasteiger partial charge in [0.1, 0.15) is 4.88 Å². The second-order valence-corrected chi connectivity index (χ2v) is 6.58. The number of carboxylic acids is 1. The van der Waals surface area contributed by atoms with Crippen LogP contribution in [0.15, 0.2) is 0 Å². The highest BCUT2D eigenvalue weighted by atomic mass is 32.1. The maximum absolute atomic E-state index is 12.5. The summed E-state index contributed by atoms with van der Waals surface area (Å²) in [6.45, 7) is 6.65. The quantitative estimate of drug-likeness (QED) is 0.930. The molecule has 1 saturated heterocycles. The summed E-state index contributed by atoms with van der Waals surface area (Å²) >= 11 is 1.41. The van der Waals surface area contributed by atoms with Crippen molar-refractivity contribution in [2.45, 2.75) is 40.0 Å². The largest absolute Gasteiger partial charge is 0.481 e. The van der Waals surface area contributed by atoms with Crippen LogP contribution in [0.5, 0.6) is 0 Å². The minimum atomic E-state index is -0.739. The topological polar surface area (TPSA) is 70.5 Å². The number of aromatic nitrogens is 1. The molecule has 6 heteroatoms. The lowest BCUT2D eigenvalue weighted by molar-refractivity contribution is -0.152. The van der Waals surface area contributed by atoms with E-state index in [0.29, 0.717) is 37.2 Å². The molecule has 0 bridgehead atoms. The maximum Gasteiger partial charge on any atom is 0.309 e. The zero-order valence-corrected chi connectivity index (χ0v) is 12.9. The highest BCUT2D eigenvalue weighted by Crippen LogP contribution is 2.36. The Balaban J connectivity index is 2.09. The molecule has 0 saturated carbocycles. The van der Waals surface area contributed by atoms with Crippen LogP contribution in [-0.2, 0) is 4.79 Å². The van der Waals surface area contributed by atoms with Crippen LogP contribution in [-0.4, -0.2) is 40.0 Å². The predicted octanol–water partition coefficient (Wildman–Crippen LogP) is 2.48. The minimum Gasteiger partial charge on any atom is -0.481 e. The van der Waals surface area contributed by atoms with Crippen molar-refractivity contribution in [1.29, 1.82) is 0 Å². The van der Waals surface area contributed by atoms with E-state index in [4.69, 9.17) is 0 Å². The van der Waals surface area contributed by atoms with Crippen LogP contribution in [0.1, 0.15) is 46.6 Å². The van der Waals surface area contributed by atoms with Crippen LogP contribution in [0.25, 0.3) is 0 Å². The molecular weight excluding hydrogens is 276 g/mol. The van der Waals surface area contributed by atoms with Gasteiger partial charge in [-0.25, -0.2) is 4.98 Å². The van der Waals surface area contributed by atoms with Crippen molar-refractivity contribution < 1.29 is 14.7 Å². The number of aliphatic carboxylic acids is 1. The number of carbonyl (C=O) groups is 2. The number of aryl methyl sites for hydroxylation is 2. The van der Waals surface area contributed by atoms with E-state index in [2.05, 4.69) is 4.98 Å². The highest BCUT2D eigenvalue weighted by Gasteiger charge is 2.41. The number of nitrogens with zero attached hydrogens (tertiary/aromatic N) is 2. The van der Waals surface area contributed by atoms with E-state index >= 15 is 0 Å². The van der Waals surface area contributed by atoms with Gasteiger partial charge in [0.15, 0.2) is 0 Å². The van der Waals surface area contributed by atoms with Gasteiger partial charge in [-0.1, -0.05) is 6.92 Å². The van der Waals surface area contributed by atoms with E-state index in [-0.39, 0.29) is 5.91 Å². The first-order chi connectivity index (χ1) is 9.39. The third-order valence-corrected chi connectivity index (χ3v) is 5.30. The summed E-state index contributed by atoms with van der Waals surface area (Å²) in [5.74, 6) is -0.750. The van der Waals surface area contributed by atoms with E-state index in [1.807, 2.05) is 20.8 Å². The van der Waals surface area contributed by atoms with Crippen LogP contribution >= 0.6 is 11.3 Å². The molecule has 0 atom stereocenters. The molecular formula is C14H20N2O3S. The number of likely N-dealkylation sites (tertiary alicyclic amines) is 1. The Morgan fingerprint density at radius 3 is 2.35 bits per heavy atom. The minimum absolute atomic E-state index is 0.0109. The number of thiazole rings is 1. The van der Waals surface area contributed by atoms with Crippen LogP contribution in [0, 0.1) is 19.3 Å². The van der Waals surface area contributed by atoms with Gasteiger partial charge in [-0.15, -0.1) is 11.3 Å². The van der Waals surface area contributed by atoms with Crippen molar-refractivity contribution >= 4 is 23.2 Å². The molecule has 0 aliphatic carbocycles. The molecule has 1 aliphatic rings. The van der Waals surface area contributed by atoms with Crippen molar-refractivity contribution in [1.82, 2.24) is 9.88 Å². The third kappa shape index (κ3) is 2.57. The lowest BCUT2D eigenvalue weighted by Gasteiger charge is -2.38. The molecule has 5 nitrogen and oxygen atoms in total. The second-order valence-electron chi connectivity index (χ2n) is 5.38. The summed E-state index contributed by atoms with van der Waals surface area (Å²) in [4.78, 5) is 30.6. The highest BCUT2D eigenvalue weighted by molar-refractivity contribution is 7.13. The summed E-state index contributed by atoms with van der Waals surface area (Å²) < 4.78 is 0. The molecule has 1 aromatic rings. The van der Waals surface area contributed by atoms with Crippen LogP contribution in [0.2, 0.25) is 0 Å². The van der Waals surface area contributed by atoms with Gasteiger partial charge in [0.05, 0.1) is 16.1 Å². The van der Waals surface area contributed by atoms with Crippen molar-refractivity contribution in [3.8, 4) is 0 Å². The molecule has 0 spiro atoms. The smallest absolute Gasteiger partial charge is 0.309 e. The molecule has 0 radical (unpaired) electrons. The van der Waals surface area contributed by atoms with Crippen molar-refractivity contribution in [2.75, 3.05) is 13.1 Å². The summed E-state index contributed by atoms with van der Waals surface area (Å²) in [7, 11) is 0. The number of carbonyl (C=O) groups excluding carboxylic acids is 1. The molecule has 1 fully saturated rings. The molecule has 1 aliphatic heterocycles. The molecule has 0 aromatic carbocycles. The molecule has 1 amide bonds. The van der Waals surface area contributed by atoms with Gasteiger partial charge >= 0.3 is 5.97 Å². The van der Waals surface area contributed by atoms with Crippen molar-refractivity contribution in [3.63, 3.8) is 0 Å². The van der Waals surface area contributed by atoms with Crippen LogP contribution in [0.4, 0.5) is 0 Å². The number of amides is 1. The Hall–Kier alpha value is -1.43. The predicted molar refractivity (Wildman–Crippen MR) is 77.1 cm³/mol. The van der Waals surface area contributed by atoms with Gasteiger partial charge < -0.3 is 10.0 Å². The second kappa shape index (κ2) is 5.52. The average molecular weight is 296 g/mol. The molecule has 2 rings (SSSR count). The summed E-state index contributed by atoms with van der Waals surface area (Å²) in [6.07, 6.45) is 1.67. The summed E-state index contributed by atoms with van der Waals surface area (Å²) in [5.41, 5.74) is 0.109. The van der Waals surface area contributed by atoms with E-state index in [1.165, 1.54) is 11.3 Å². The average Bonchev–Trinajstić information content (AvgIpc) is 2.76. The number of hydrogen-bond donors (Lipinski definition) is 1. The molecule has 0 unspecified atom stereocenters. The molecule has 20 heavy (non-hydrogen) atoms. The Morgan fingerprint density at radius 1 is 1.35 bits per heavy atom.